The average molecular weight is 671 g/mol. The van der Waals surface area contributed by atoms with E-state index in [2.05, 4.69) is 102 Å². The summed E-state index contributed by atoms with van der Waals surface area (Å²) in [6.45, 7) is 0. The molecule has 0 unspecified atom stereocenters. The summed E-state index contributed by atoms with van der Waals surface area (Å²) in [6.07, 6.45) is 0. The van der Waals surface area contributed by atoms with Crippen molar-refractivity contribution in [1.29, 1.82) is 0 Å². The van der Waals surface area contributed by atoms with Gasteiger partial charge in [0.15, 0.2) is 17.5 Å². The highest BCUT2D eigenvalue weighted by molar-refractivity contribution is 7.26. The van der Waals surface area contributed by atoms with Crippen molar-refractivity contribution in [3.8, 4) is 39.9 Å². The molecular weight excluding hydrogens is 645 g/mol. The number of para-hydroxylation sites is 2. The zero-order chi connectivity index (χ0) is 33.5. The lowest BCUT2D eigenvalue weighted by molar-refractivity contribution is 0.673. The van der Waals surface area contributed by atoms with Crippen molar-refractivity contribution in [2.75, 3.05) is 0 Å². The van der Waals surface area contributed by atoms with Gasteiger partial charge in [-0.2, -0.15) is 0 Å². The van der Waals surface area contributed by atoms with Crippen molar-refractivity contribution in [3.05, 3.63) is 158 Å². The summed E-state index contributed by atoms with van der Waals surface area (Å²) in [7, 11) is 0. The van der Waals surface area contributed by atoms with Crippen LogP contribution in [0.3, 0.4) is 0 Å². The van der Waals surface area contributed by atoms with Gasteiger partial charge in [0.2, 0.25) is 0 Å². The summed E-state index contributed by atoms with van der Waals surface area (Å²) in [6, 6.07) is 54.9. The van der Waals surface area contributed by atoms with Gasteiger partial charge in [0.05, 0.1) is 11.0 Å². The molecule has 4 aromatic heterocycles. The number of aromatic nitrogens is 4. The number of benzene rings is 7. The molecule has 6 heteroatoms. The van der Waals surface area contributed by atoms with Crippen molar-refractivity contribution < 1.29 is 4.42 Å². The Morgan fingerprint density at radius 2 is 1.00 bits per heavy atom. The number of furan rings is 1. The molecule has 51 heavy (non-hydrogen) atoms. The number of hydrogen-bond acceptors (Lipinski definition) is 5. The summed E-state index contributed by atoms with van der Waals surface area (Å²) in [5.74, 6) is 1.87. The normalized spacial score (nSPS) is 11.9. The average Bonchev–Trinajstić information content (AvgIpc) is 3.87. The maximum atomic E-state index is 6.82. The van der Waals surface area contributed by atoms with E-state index in [9.17, 15) is 0 Å². The zero-order valence-corrected chi connectivity index (χ0v) is 27.9. The topological polar surface area (TPSA) is 56.7 Å². The van der Waals surface area contributed by atoms with Crippen LogP contribution >= 0.6 is 11.3 Å². The van der Waals surface area contributed by atoms with Crippen LogP contribution in [0.15, 0.2) is 162 Å². The zero-order valence-electron chi connectivity index (χ0n) is 27.1. The highest BCUT2D eigenvalue weighted by Gasteiger charge is 2.19. The lowest BCUT2D eigenvalue weighted by Gasteiger charge is -2.08. The van der Waals surface area contributed by atoms with E-state index in [1.807, 2.05) is 60.7 Å². The number of rotatable bonds is 4. The van der Waals surface area contributed by atoms with Crippen LogP contribution in [0.2, 0.25) is 0 Å². The standard InChI is InChI=1S/C45H26N4OS/c1-3-11-27(12-4-1)43-46-44(28-13-5-2-6-14-28)48-45(47-43)29-19-21-33-34-22-24-40-41(42(34)50-38(33)25-29)35-26-30(20-23-39(35)51-40)49-36-17-9-7-15-31(36)32-16-8-10-18-37(32)49/h1-26H. The Hall–Kier alpha value is -6.63. The van der Waals surface area contributed by atoms with Crippen LogP contribution < -0.4 is 0 Å². The minimum Gasteiger partial charge on any atom is -0.455 e. The third-order valence-electron chi connectivity index (χ3n) is 9.85. The molecule has 0 radical (unpaired) electrons. The molecule has 0 saturated heterocycles. The van der Waals surface area contributed by atoms with Gasteiger partial charge in [-0.25, -0.2) is 15.0 Å². The van der Waals surface area contributed by atoms with Crippen LogP contribution in [0.25, 0.3) is 104 Å². The monoisotopic (exact) mass is 670 g/mol. The second-order valence-corrected chi connectivity index (χ2v) is 13.9. The quantitative estimate of drug-likeness (QED) is 0.187. The fourth-order valence-electron chi connectivity index (χ4n) is 7.50. The van der Waals surface area contributed by atoms with E-state index in [-0.39, 0.29) is 0 Å². The molecule has 0 amide bonds. The molecule has 0 saturated carbocycles. The first-order chi connectivity index (χ1) is 25.3. The molecule has 0 bridgehead atoms. The van der Waals surface area contributed by atoms with Crippen LogP contribution in [0.4, 0.5) is 0 Å². The SMILES string of the molecule is c1ccc(-c2nc(-c3ccccc3)nc(-c3ccc4c(c3)oc3c4ccc4sc5ccc(-n6c7ccccc7c7ccccc76)cc5c43)n2)cc1. The smallest absolute Gasteiger partial charge is 0.164 e. The van der Waals surface area contributed by atoms with Crippen LogP contribution in [0.5, 0.6) is 0 Å². The predicted molar refractivity (Wildman–Crippen MR) is 211 cm³/mol. The fourth-order valence-corrected chi connectivity index (χ4v) is 8.58. The number of nitrogens with zero attached hydrogens (tertiary/aromatic N) is 4. The molecule has 0 fully saturated rings. The predicted octanol–water partition coefficient (Wildman–Crippen LogP) is 12.2. The largest absolute Gasteiger partial charge is 0.455 e. The molecule has 7 aromatic carbocycles. The van der Waals surface area contributed by atoms with Gasteiger partial charge in [-0.05, 0) is 54.6 Å². The van der Waals surface area contributed by atoms with Crippen molar-refractivity contribution >= 4 is 75.3 Å². The molecule has 4 heterocycles. The third-order valence-corrected chi connectivity index (χ3v) is 11.0. The molecule has 5 nitrogen and oxygen atoms in total. The van der Waals surface area contributed by atoms with Crippen molar-refractivity contribution in [3.63, 3.8) is 0 Å². The second kappa shape index (κ2) is 10.9. The molecule has 0 aliphatic heterocycles. The molecule has 0 atom stereocenters. The Balaban J connectivity index is 1.10. The van der Waals surface area contributed by atoms with Gasteiger partial charge in [0, 0.05) is 64.1 Å². The highest BCUT2D eigenvalue weighted by atomic mass is 32.1. The fraction of sp³-hybridized carbons (Fsp3) is 0. The van der Waals surface area contributed by atoms with Crippen molar-refractivity contribution in [1.82, 2.24) is 19.5 Å². The number of hydrogen-bond donors (Lipinski definition) is 0. The van der Waals surface area contributed by atoms with Gasteiger partial charge in [-0.15, -0.1) is 11.3 Å². The van der Waals surface area contributed by atoms with E-state index in [0.29, 0.717) is 17.5 Å². The molecular formula is C45H26N4OS. The van der Waals surface area contributed by atoms with E-state index < -0.39 is 0 Å². The van der Waals surface area contributed by atoms with Gasteiger partial charge < -0.3 is 8.98 Å². The lowest BCUT2D eigenvalue weighted by Crippen LogP contribution is -2.00. The van der Waals surface area contributed by atoms with Gasteiger partial charge in [0.25, 0.3) is 0 Å². The first-order valence-corrected chi connectivity index (χ1v) is 17.8. The molecule has 0 spiro atoms. The van der Waals surface area contributed by atoms with Crippen molar-refractivity contribution in [2.45, 2.75) is 0 Å². The van der Waals surface area contributed by atoms with E-state index in [0.717, 1.165) is 49.7 Å². The Morgan fingerprint density at radius 1 is 0.431 bits per heavy atom. The summed E-state index contributed by atoms with van der Waals surface area (Å²) >= 11 is 1.80. The Bertz CT molecular complexity index is 3030. The molecule has 0 aliphatic rings. The Kier molecular flexibility index (Phi) is 6.05. The molecule has 11 rings (SSSR count). The highest BCUT2D eigenvalue weighted by Crippen LogP contribution is 2.44. The number of thiophene rings is 1. The minimum atomic E-state index is 0.604. The second-order valence-electron chi connectivity index (χ2n) is 12.8. The van der Waals surface area contributed by atoms with Crippen LogP contribution in [-0.4, -0.2) is 19.5 Å². The summed E-state index contributed by atoms with van der Waals surface area (Å²) in [5, 5.41) is 7.00. The maximum absolute atomic E-state index is 6.82. The van der Waals surface area contributed by atoms with Crippen molar-refractivity contribution in [2.24, 2.45) is 0 Å². The minimum absolute atomic E-state index is 0.604. The summed E-state index contributed by atoms with van der Waals surface area (Å²) in [5.41, 5.74) is 7.98. The number of fused-ring (bicyclic) bond motifs is 10. The van der Waals surface area contributed by atoms with E-state index in [4.69, 9.17) is 19.4 Å². The molecule has 238 valence electrons. The van der Waals surface area contributed by atoms with Gasteiger partial charge in [-0.3, -0.25) is 0 Å². The first kappa shape index (κ1) is 28.2. The van der Waals surface area contributed by atoms with Crippen LogP contribution in [0, 0.1) is 0 Å². The summed E-state index contributed by atoms with van der Waals surface area (Å²) in [4.78, 5) is 14.8. The van der Waals surface area contributed by atoms with Gasteiger partial charge in [-0.1, -0.05) is 103 Å². The van der Waals surface area contributed by atoms with E-state index >= 15 is 0 Å². The molecule has 11 aromatic rings. The first-order valence-electron chi connectivity index (χ1n) is 16.9. The third kappa shape index (κ3) is 4.37. The van der Waals surface area contributed by atoms with E-state index in [1.54, 1.807) is 11.3 Å². The molecule has 0 aliphatic carbocycles. The molecule has 0 N–H and O–H groups in total. The van der Waals surface area contributed by atoms with Gasteiger partial charge >= 0.3 is 0 Å². The van der Waals surface area contributed by atoms with Crippen LogP contribution in [0.1, 0.15) is 0 Å². The van der Waals surface area contributed by atoms with Crippen LogP contribution in [-0.2, 0) is 0 Å². The lowest BCUT2D eigenvalue weighted by atomic mass is 10.1. The van der Waals surface area contributed by atoms with E-state index in [1.165, 1.54) is 36.6 Å². The Labute approximate surface area is 295 Å². The Morgan fingerprint density at radius 3 is 1.67 bits per heavy atom. The summed E-state index contributed by atoms with van der Waals surface area (Å²) < 4.78 is 11.6. The maximum Gasteiger partial charge on any atom is 0.164 e. The van der Waals surface area contributed by atoms with Gasteiger partial charge in [0.1, 0.15) is 11.2 Å².